The second-order valence-electron chi connectivity index (χ2n) is 6.94. The minimum Gasteiger partial charge on any atom is -0.353 e. The number of hydrogen-bond donors (Lipinski definition) is 0. The third-order valence-corrected chi connectivity index (χ3v) is 5.15. The first-order valence-corrected chi connectivity index (χ1v) is 8.33. The Morgan fingerprint density at radius 3 is 2.88 bits per heavy atom. The predicted molar refractivity (Wildman–Crippen MR) is 89.8 cm³/mol. The van der Waals surface area contributed by atoms with Crippen LogP contribution in [-0.2, 0) is 11.8 Å². The van der Waals surface area contributed by atoms with E-state index in [0.717, 1.165) is 50.4 Å². The van der Waals surface area contributed by atoms with Crippen LogP contribution in [0.2, 0.25) is 0 Å². The lowest BCUT2D eigenvalue weighted by Gasteiger charge is -2.41. The smallest absolute Gasteiger partial charge is 0.225 e. The Balaban J connectivity index is 1.70. The highest BCUT2D eigenvalue weighted by molar-refractivity contribution is 5.45. The van der Waals surface area contributed by atoms with E-state index >= 15 is 0 Å². The van der Waals surface area contributed by atoms with Gasteiger partial charge in [-0.1, -0.05) is 0 Å². The van der Waals surface area contributed by atoms with Crippen LogP contribution in [0.1, 0.15) is 30.5 Å². The molecule has 1 aliphatic carbocycles. The number of anilines is 2. The zero-order valence-electron chi connectivity index (χ0n) is 14.0. The largest absolute Gasteiger partial charge is 0.353 e. The molecule has 0 saturated carbocycles. The van der Waals surface area contributed by atoms with Gasteiger partial charge < -0.3 is 9.80 Å². The standard InChI is InChI=1S/C17H21FN6/c1-23(2)16-20-8-12-4-6-17(14(12)22-16)5-3-7-24(10-17)15-13(18)9-19-11-21-15/h8-9,11H,3-7,10H2,1-2H3. The predicted octanol–water partition coefficient (Wildman–Crippen LogP) is 1.96. The molecule has 24 heavy (non-hydrogen) atoms. The normalized spacial score (nSPS) is 22.7. The number of rotatable bonds is 2. The van der Waals surface area contributed by atoms with Gasteiger partial charge in [-0.15, -0.1) is 0 Å². The summed E-state index contributed by atoms with van der Waals surface area (Å²) in [5.74, 6) is 0.782. The summed E-state index contributed by atoms with van der Waals surface area (Å²) in [7, 11) is 3.90. The highest BCUT2D eigenvalue weighted by Gasteiger charge is 2.44. The molecule has 0 aromatic carbocycles. The summed E-state index contributed by atoms with van der Waals surface area (Å²) < 4.78 is 14.1. The van der Waals surface area contributed by atoms with E-state index in [9.17, 15) is 4.39 Å². The van der Waals surface area contributed by atoms with Crippen LogP contribution < -0.4 is 9.80 Å². The lowest BCUT2D eigenvalue weighted by Crippen LogP contribution is -2.46. The van der Waals surface area contributed by atoms with Gasteiger partial charge in [-0.05, 0) is 31.2 Å². The van der Waals surface area contributed by atoms with E-state index in [2.05, 4.69) is 15.0 Å². The van der Waals surface area contributed by atoms with Gasteiger partial charge in [-0.25, -0.2) is 24.3 Å². The SMILES string of the molecule is CN(C)c1ncc2c(n1)C1(CCCN(c3ncncc3F)C1)CC2. The fourth-order valence-corrected chi connectivity index (χ4v) is 4.00. The van der Waals surface area contributed by atoms with Crippen molar-refractivity contribution >= 4 is 11.8 Å². The Morgan fingerprint density at radius 2 is 2.08 bits per heavy atom. The molecule has 1 atom stereocenters. The number of aryl methyl sites for hydroxylation is 1. The molecule has 2 aliphatic rings. The minimum absolute atomic E-state index is 0.0291. The zero-order chi connectivity index (χ0) is 16.7. The van der Waals surface area contributed by atoms with Gasteiger partial charge in [0.05, 0.1) is 11.9 Å². The topological polar surface area (TPSA) is 58.0 Å². The molecule has 1 aliphatic heterocycles. The Bertz CT molecular complexity index is 760. The molecule has 4 rings (SSSR count). The first-order chi connectivity index (χ1) is 11.6. The van der Waals surface area contributed by atoms with Crippen LogP contribution in [0.3, 0.4) is 0 Å². The fraction of sp³-hybridized carbons (Fsp3) is 0.529. The molecule has 0 amide bonds. The van der Waals surface area contributed by atoms with Gasteiger partial charge in [-0.2, -0.15) is 0 Å². The van der Waals surface area contributed by atoms with E-state index in [0.29, 0.717) is 5.82 Å². The molecule has 1 saturated heterocycles. The molecular weight excluding hydrogens is 307 g/mol. The van der Waals surface area contributed by atoms with E-state index in [1.807, 2.05) is 30.1 Å². The number of aromatic nitrogens is 4. The number of halogens is 1. The van der Waals surface area contributed by atoms with E-state index in [1.54, 1.807) is 0 Å². The van der Waals surface area contributed by atoms with Crippen molar-refractivity contribution in [2.75, 3.05) is 37.0 Å². The maximum atomic E-state index is 14.1. The van der Waals surface area contributed by atoms with Crippen molar-refractivity contribution in [1.29, 1.82) is 0 Å². The third-order valence-electron chi connectivity index (χ3n) is 5.15. The molecule has 7 heteroatoms. The Morgan fingerprint density at radius 1 is 1.21 bits per heavy atom. The highest BCUT2D eigenvalue weighted by Crippen LogP contribution is 2.45. The molecule has 6 nitrogen and oxygen atoms in total. The average Bonchev–Trinajstić information content (AvgIpc) is 2.93. The van der Waals surface area contributed by atoms with Gasteiger partial charge in [0.25, 0.3) is 0 Å². The Kier molecular flexibility index (Phi) is 3.58. The third kappa shape index (κ3) is 2.39. The van der Waals surface area contributed by atoms with Crippen molar-refractivity contribution in [1.82, 2.24) is 19.9 Å². The van der Waals surface area contributed by atoms with Crippen molar-refractivity contribution in [3.63, 3.8) is 0 Å². The summed E-state index contributed by atoms with van der Waals surface area (Å²) in [6.07, 6.45) is 8.71. The number of nitrogens with zero attached hydrogens (tertiary/aromatic N) is 6. The fourth-order valence-electron chi connectivity index (χ4n) is 4.00. The van der Waals surface area contributed by atoms with Crippen LogP contribution in [0.15, 0.2) is 18.7 Å². The van der Waals surface area contributed by atoms with Crippen LogP contribution in [-0.4, -0.2) is 47.1 Å². The first-order valence-electron chi connectivity index (χ1n) is 8.33. The van der Waals surface area contributed by atoms with Gasteiger partial charge in [0.1, 0.15) is 6.33 Å². The quantitative estimate of drug-likeness (QED) is 0.840. The molecule has 0 bridgehead atoms. The summed E-state index contributed by atoms with van der Waals surface area (Å²) in [6.45, 7) is 1.56. The first kappa shape index (κ1) is 15.2. The summed E-state index contributed by atoms with van der Waals surface area (Å²) in [6, 6.07) is 0. The van der Waals surface area contributed by atoms with Crippen molar-refractivity contribution in [3.05, 3.63) is 35.8 Å². The van der Waals surface area contributed by atoms with Gasteiger partial charge in [0.2, 0.25) is 5.95 Å². The molecular formula is C17H21FN6. The Labute approximate surface area is 140 Å². The number of piperidine rings is 1. The van der Waals surface area contributed by atoms with Crippen molar-refractivity contribution < 1.29 is 4.39 Å². The zero-order valence-corrected chi connectivity index (χ0v) is 14.0. The van der Waals surface area contributed by atoms with E-state index < -0.39 is 0 Å². The number of hydrogen-bond acceptors (Lipinski definition) is 6. The average molecular weight is 328 g/mol. The lowest BCUT2D eigenvalue weighted by atomic mass is 9.77. The molecule has 0 radical (unpaired) electrons. The van der Waals surface area contributed by atoms with Gasteiger partial charge in [-0.3, -0.25) is 0 Å². The second kappa shape index (κ2) is 5.65. The van der Waals surface area contributed by atoms with Crippen molar-refractivity contribution in [2.24, 2.45) is 0 Å². The summed E-state index contributed by atoms with van der Waals surface area (Å²) in [5, 5.41) is 0. The van der Waals surface area contributed by atoms with E-state index in [4.69, 9.17) is 4.98 Å². The highest BCUT2D eigenvalue weighted by atomic mass is 19.1. The van der Waals surface area contributed by atoms with Crippen LogP contribution in [0.25, 0.3) is 0 Å². The van der Waals surface area contributed by atoms with Crippen LogP contribution in [0.5, 0.6) is 0 Å². The molecule has 1 spiro atoms. The minimum atomic E-state index is -0.357. The monoisotopic (exact) mass is 328 g/mol. The second-order valence-corrected chi connectivity index (χ2v) is 6.94. The maximum Gasteiger partial charge on any atom is 0.225 e. The lowest BCUT2D eigenvalue weighted by molar-refractivity contribution is 0.331. The van der Waals surface area contributed by atoms with Crippen LogP contribution in [0.4, 0.5) is 16.2 Å². The van der Waals surface area contributed by atoms with Crippen molar-refractivity contribution in [2.45, 2.75) is 31.1 Å². The Hall–Kier alpha value is -2.31. The maximum absolute atomic E-state index is 14.1. The summed E-state index contributed by atoms with van der Waals surface area (Å²) in [4.78, 5) is 21.2. The van der Waals surface area contributed by atoms with Gasteiger partial charge >= 0.3 is 0 Å². The van der Waals surface area contributed by atoms with Crippen LogP contribution in [0, 0.1) is 5.82 Å². The van der Waals surface area contributed by atoms with Crippen molar-refractivity contribution in [3.8, 4) is 0 Å². The molecule has 1 unspecified atom stereocenters. The molecule has 2 aromatic heterocycles. The molecule has 2 aromatic rings. The molecule has 126 valence electrons. The van der Waals surface area contributed by atoms with E-state index in [-0.39, 0.29) is 11.2 Å². The van der Waals surface area contributed by atoms with Gasteiger partial charge in [0, 0.05) is 38.8 Å². The summed E-state index contributed by atoms with van der Waals surface area (Å²) >= 11 is 0. The molecule has 1 fully saturated rings. The molecule has 0 N–H and O–H groups in total. The summed E-state index contributed by atoms with van der Waals surface area (Å²) in [5.41, 5.74) is 2.34. The van der Waals surface area contributed by atoms with E-state index in [1.165, 1.54) is 18.1 Å². The van der Waals surface area contributed by atoms with Crippen LogP contribution >= 0.6 is 0 Å². The number of fused-ring (bicyclic) bond motifs is 2. The van der Waals surface area contributed by atoms with Gasteiger partial charge in [0.15, 0.2) is 11.6 Å². The molecule has 3 heterocycles.